The molecule has 0 spiro atoms. The molecule has 0 amide bonds. The number of allylic oxidation sites excluding steroid dienone is 4. The zero-order valence-electron chi connectivity index (χ0n) is 12.6. The van der Waals surface area contributed by atoms with Gasteiger partial charge in [0, 0.05) is 4.90 Å². The van der Waals surface area contributed by atoms with Gasteiger partial charge in [0.25, 0.3) is 0 Å². The van der Waals surface area contributed by atoms with Crippen LogP contribution in [-0.2, 0) is 0 Å². The Morgan fingerprint density at radius 2 is 1.79 bits per heavy atom. The van der Waals surface area contributed by atoms with Gasteiger partial charge in [0.2, 0.25) is 0 Å². The zero-order chi connectivity index (χ0) is 14.7. The van der Waals surface area contributed by atoms with Crippen LogP contribution in [0.1, 0.15) is 27.7 Å². The van der Waals surface area contributed by atoms with Crippen molar-refractivity contribution in [2.45, 2.75) is 32.6 Å². The molecule has 1 nitrogen and oxygen atoms in total. The Hall–Kier alpha value is -1.41. The van der Waals surface area contributed by atoms with E-state index in [9.17, 15) is 0 Å². The minimum atomic E-state index is 0.792. The molecule has 104 valence electrons. The molecular formula is C17H24OS. The van der Waals surface area contributed by atoms with Gasteiger partial charge < -0.3 is 4.74 Å². The van der Waals surface area contributed by atoms with E-state index in [0.717, 1.165) is 17.1 Å². The van der Waals surface area contributed by atoms with Crippen molar-refractivity contribution < 1.29 is 4.74 Å². The van der Waals surface area contributed by atoms with E-state index >= 15 is 0 Å². The lowest BCUT2D eigenvalue weighted by atomic mass is 10.2. The average Bonchev–Trinajstić information content (AvgIpc) is 2.46. The van der Waals surface area contributed by atoms with Gasteiger partial charge in [-0.1, -0.05) is 32.6 Å². The van der Waals surface area contributed by atoms with Gasteiger partial charge in [0.05, 0.1) is 0 Å². The summed E-state index contributed by atoms with van der Waals surface area (Å²) in [6.45, 7) is 11.8. The minimum Gasteiger partial charge on any atom is -0.457 e. The molecule has 0 aliphatic rings. The van der Waals surface area contributed by atoms with Gasteiger partial charge in [0.15, 0.2) is 0 Å². The van der Waals surface area contributed by atoms with E-state index < -0.39 is 0 Å². The summed E-state index contributed by atoms with van der Waals surface area (Å²) in [6.07, 6.45) is 7.88. The first kappa shape index (κ1) is 17.6. The van der Waals surface area contributed by atoms with E-state index in [2.05, 4.69) is 12.8 Å². The monoisotopic (exact) mass is 276 g/mol. The zero-order valence-corrected chi connectivity index (χ0v) is 13.4. The number of thioether (sulfide) groups is 1. The molecule has 19 heavy (non-hydrogen) atoms. The number of ether oxygens (including phenoxy) is 1. The van der Waals surface area contributed by atoms with Crippen LogP contribution in [0.5, 0.6) is 5.75 Å². The van der Waals surface area contributed by atoms with Gasteiger partial charge in [-0.2, -0.15) is 0 Å². The molecule has 1 aromatic carbocycles. The van der Waals surface area contributed by atoms with Crippen LogP contribution in [0, 0.1) is 0 Å². The molecule has 0 fully saturated rings. The second kappa shape index (κ2) is 10.5. The van der Waals surface area contributed by atoms with E-state index in [4.69, 9.17) is 4.74 Å². The van der Waals surface area contributed by atoms with E-state index in [1.165, 1.54) is 4.90 Å². The number of hydrogen-bond donors (Lipinski definition) is 0. The maximum Gasteiger partial charge on any atom is 0.129 e. The second-order valence-electron chi connectivity index (χ2n) is 3.61. The van der Waals surface area contributed by atoms with Crippen molar-refractivity contribution in [3.8, 4) is 5.75 Å². The van der Waals surface area contributed by atoms with E-state index in [-0.39, 0.29) is 0 Å². The van der Waals surface area contributed by atoms with Gasteiger partial charge in [-0.15, -0.1) is 11.8 Å². The van der Waals surface area contributed by atoms with Crippen molar-refractivity contribution in [1.82, 2.24) is 0 Å². The molecule has 0 radical (unpaired) electrons. The second-order valence-corrected chi connectivity index (χ2v) is 4.49. The highest BCUT2D eigenvalue weighted by molar-refractivity contribution is 7.98. The minimum absolute atomic E-state index is 0.792. The fraction of sp³-hybridized carbons (Fsp3) is 0.294. The van der Waals surface area contributed by atoms with Gasteiger partial charge >= 0.3 is 0 Å². The van der Waals surface area contributed by atoms with E-state index in [1.807, 2.05) is 70.2 Å². The summed E-state index contributed by atoms with van der Waals surface area (Å²) >= 11 is 1.72. The van der Waals surface area contributed by atoms with Crippen molar-refractivity contribution in [2.75, 3.05) is 6.26 Å². The van der Waals surface area contributed by atoms with Crippen LogP contribution in [0.2, 0.25) is 0 Å². The van der Waals surface area contributed by atoms with Crippen LogP contribution in [0.15, 0.2) is 65.3 Å². The third-order valence-electron chi connectivity index (χ3n) is 2.15. The molecule has 0 N–H and O–H groups in total. The Bertz CT molecular complexity index is 427. The molecule has 0 aromatic heterocycles. The summed E-state index contributed by atoms with van der Waals surface area (Å²) in [5, 5.41) is 0. The van der Waals surface area contributed by atoms with Crippen molar-refractivity contribution in [3.63, 3.8) is 0 Å². The molecule has 0 saturated heterocycles. The molecule has 0 atom stereocenters. The Balaban J connectivity index is 0.00000154. The van der Waals surface area contributed by atoms with Gasteiger partial charge in [-0.05, 0) is 56.0 Å². The maximum absolute atomic E-state index is 5.78. The molecule has 0 aliphatic carbocycles. The van der Waals surface area contributed by atoms with Crippen molar-refractivity contribution in [2.24, 2.45) is 0 Å². The molecule has 0 aliphatic heterocycles. The predicted molar refractivity (Wildman–Crippen MR) is 87.9 cm³/mol. The summed E-state index contributed by atoms with van der Waals surface area (Å²) in [7, 11) is 0. The molecular weight excluding hydrogens is 252 g/mol. The summed E-state index contributed by atoms with van der Waals surface area (Å²) < 4.78 is 5.78. The molecule has 0 bridgehead atoms. The first-order valence-corrected chi connectivity index (χ1v) is 7.70. The molecule has 1 rings (SSSR count). The Morgan fingerprint density at radius 1 is 1.21 bits per heavy atom. The SMILES string of the molecule is C=C(C)/C(=C\C=C/C)Oc1ccc(SC)cc1.CC. The largest absolute Gasteiger partial charge is 0.457 e. The third-order valence-corrected chi connectivity index (χ3v) is 2.89. The molecule has 0 saturated carbocycles. The third kappa shape index (κ3) is 6.92. The molecule has 0 heterocycles. The first-order chi connectivity index (χ1) is 9.17. The Morgan fingerprint density at radius 3 is 2.21 bits per heavy atom. The van der Waals surface area contributed by atoms with Crippen molar-refractivity contribution in [1.29, 1.82) is 0 Å². The van der Waals surface area contributed by atoms with Crippen LogP contribution in [-0.4, -0.2) is 6.26 Å². The van der Waals surface area contributed by atoms with Gasteiger partial charge in [0.1, 0.15) is 11.5 Å². The normalized spacial score (nSPS) is 10.9. The fourth-order valence-corrected chi connectivity index (χ4v) is 1.63. The number of hydrogen-bond acceptors (Lipinski definition) is 2. The van der Waals surface area contributed by atoms with Gasteiger partial charge in [-0.3, -0.25) is 0 Å². The fourth-order valence-electron chi connectivity index (χ4n) is 1.22. The summed E-state index contributed by atoms with van der Waals surface area (Å²) in [5.41, 5.74) is 0.914. The van der Waals surface area contributed by atoms with Crippen LogP contribution >= 0.6 is 11.8 Å². The summed E-state index contributed by atoms with van der Waals surface area (Å²) in [4.78, 5) is 1.23. The Kier molecular flexibility index (Phi) is 9.73. The average molecular weight is 276 g/mol. The lowest BCUT2D eigenvalue weighted by Gasteiger charge is -2.09. The topological polar surface area (TPSA) is 9.23 Å². The smallest absolute Gasteiger partial charge is 0.129 e. The summed E-state index contributed by atoms with van der Waals surface area (Å²) in [6, 6.07) is 8.04. The maximum atomic E-state index is 5.78. The summed E-state index contributed by atoms with van der Waals surface area (Å²) in [5.74, 6) is 1.63. The molecule has 0 unspecified atom stereocenters. The number of rotatable bonds is 5. The lowest BCUT2D eigenvalue weighted by molar-refractivity contribution is 0.436. The molecule has 1 aromatic rings. The van der Waals surface area contributed by atoms with Crippen molar-refractivity contribution in [3.05, 3.63) is 60.4 Å². The van der Waals surface area contributed by atoms with Crippen LogP contribution in [0.3, 0.4) is 0 Å². The van der Waals surface area contributed by atoms with E-state index in [1.54, 1.807) is 11.8 Å². The Labute approximate surface area is 122 Å². The first-order valence-electron chi connectivity index (χ1n) is 6.48. The standard InChI is InChI=1S/C15H18OS.C2H6/c1-5-6-7-15(12(2)3)16-13-8-10-14(17-4)11-9-13;1-2/h5-11H,2H2,1,3-4H3;1-2H3/b6-5-,15-7+;. The van der Waals surface area contributed by atoms with Crippen LogP contribution in [0.25, 0.3) is 0 Å². The van der Waals surface area contributed by atoms with E-state index in [0.29, 0.717) is 0 Å². The van der Waals surface area contributed by atoms with Crippen molar-refractivity contribution >= 4 is 11.8 Å². The lowest BCUT2D eigenvalue weighted by Crippen LogP contribution is -1.95. The quantitative estimate of drug-likeness (QED) is 0.379. The molecule has 2 heteroatoms. The highest BCUT2D eigenvalue weighted by atomic mass is 32.2. The van der Waals surface area contributed by atoms with Crippen LogP contribution in [0.4, 0.5) is 0 Å². The highest BCUT2D eigenvalue weighted by Crippen LogP contribution is 2.22. The highest BCUT2D eigenvalue weighted by Gasteiger charge is 2.01. The van der Waals surface area contributed by atoms with Gasteiger partial charge in [-0.25, -0.2) is 0 Å². The van der Waals surface area contributed by atoms with Crippen LogP contribution < -0.4 is 4.74 Å². The number of benzene rings is 1. The predicted octanol–water partition coefficient (Wildman–Crippen LogP) is 5.85.